The minimum atomic E-state index is -4.32. The van der Waals surface area contributed by atoms with Crippen molar-refractivity contribution in [3.63, 3.8) is 0 Å². The molecule has 3 aliphatic rings. The highest BCUT2D eigenvalue weighted by Gasteiger charge is 2.35. The molecule has 0 spiro atoms. The Balaban J connectivity index is 1.12. The number of likely N-dealkylation sites (tertiary alicyclic amines) is 1. The van der Waals surface area contributed by atoms with Gasteiger partial charge in [-0.1, -0.05) is 47.6 Å². The average molecular weight is 537 g/mol. The number of carbonyl (C=O) groups is 1. The number of alkyl halides is 3. The van der Waals surface area contributed by atoms with Gasteiger partial charge in [-0.3, -0.25) is 4.90 Å². The number of benzene rings is 2. The van der Waals surface area contributed by atoms with E-state index in [4.69, 9.17) is 4.52 Å². The molecule has 1 atom stereocenters. The van der Waals surface area contributed by atoms with Crippen LogP contribution >= 0.6 is 0 Å². The van der Waals surface area contributed by atoms with Crippen LogP contribution < -0.4 is 0 Å². The van der Waals surface area contributed by atoms with E-state index in [9.17, 15) is 18.0 Å². The summed E-state index contributed by atoms with van der Waals surface area (Å²) in [7, 11) is 0. The summed E-state index contributed by atoms with van der Waals surface area (Å²) in [6.45, 7) is 3.56. The Bertz CT molecular complexity index is 1360. The molecule has 9 heteroatoms. The van der Waals surface area contributed by atoms with Gasteiger partial charge in [0.2, 0.25) is 0 Å². The van der Waals surface area contributed by atoms with Crippen molar-refractivity contribution in [3.8, 4) is 0 Å². The lowest BCUT2D eigenvalue weighted by molar-refractivity contribution is -0.137. The molecule has 0 radical (unpaired) electrons. The second kappa shape index (κ2) is 10.5. The number of nitrogens with zero attached hydrogens (tertiary/aromatic N) is 4. The third-order valence-electron chi connectivity index (χ3n) is 8.32. The van der Waals surface area contributed by atoms with E-state index in [2.05, 4.69) is 22.2 Å². The van der Waals surface area contributed by atoms with E-state index >= 15 is 0 Å². The zero-order chi connectivity index (χ0) is 27.0. The molecule has 0 aliphatic carbocycles. The summed E-state index contributed by atoms with van der Waals surface area (Å²) < 4.78 is 44.8. The molecule has 204 valence electrons. The van der Waals surface area contributed by atoms with Gasteiger partial charge in [-0.05, 0) is 67.4 Å². The van der Waals surface area contributed by atoms with Crippen LogP contribution in [0.3, 0.4) is 0 Å². The number of hydrogen-bond acceptors (Lipinski definition) is 4. The Morgan fingerprint density at radius 2 is 1.85 bits per heavy atom. The Morgan fingerprint density at radius 3 is 2.67 bits per heavy atom. The van der Waals surface area contributed by atoms with Gasteiger partial charge in [-0.2, -0.15) is 13.2 Å². The molecule has 6 rings (SSSR count). The van der Waals surface area contributed by atoms with Crippen LogP contribution in [0.15, 0.2) is 65.5 Å². The summed E-state index contributed by atoms with van der Waals surface area (Å²) in [4.78, 5) is 19.8. The zero-order valence-electron chi connectivity index (χ0n) is 21.6. The monoisotopic (exact) mass is 536 g/mol. The van der Waals surface area contributed by atoms with Gasteiger partial charge in [0.1, 0.15) is 0 Å². The standard InChI is InChI=1S/C30H31F3N4O2/c31-30(32,33)25-6-3-5-23(18-25)21-8-13-35(14-9-21)15-11-27-26-7-2-1-4-22(26)10-17-37(27)29(38)36-16-12-28-24(20-36)19-34-39-28/h1-7,12,16,18-19,21,27H,8-11,13-15,17,20H2. The Kier molecular flexibility index (Phi) is 6.93. The number of rotatable bonds is 4. The molecule has 1 unspecified atom stereocenters. The number of fused-ring (bicyclic) bond motifs is 2. The fraction of sp³-hybridized carbons (Fsp3) is 0.400. The molecule has 1 saturated heterocycles. The summed E-state index contributed by atoms with van der Waals surface area (Å²) in [6.07, 6.45) is 4.15. The van der Waals surface area contributed by atoms with Gasteiger partial charge < -0.3 is 14.3 Å². The number of piperidine rings is 1. The molecule has 39 heavy (non-hydrogen) atoms. The van der Waals surface area contributed by atoms with E-state index in [0.29, 0.717) is 18.8 Å². The summed E-state index contributed by atoms with van der Waals surface area (Å²) in [5, 5.41) is 3.84. The van der Waals surface area contributed by atoms with Crippen LogP contribution in [0.25, 0.3) is 6.08 Å². The minimum Gasteiger partial charge on any atom is -0.357 e. The van der Waals surface area contributed by atoms with Crippen LogP contribution in [-0.4, -0.2) is 52.1 Å². The topological polar surface area (TPSA) is 52.8 Å². The summed E-state index contributed by atoms with van der Waals surface area (Å²) in [5.41, 5.74) is 3.57. The van der Waals surface area contributed by atoms with Crippen LogP contribution in [0.1, 0.15) is 64.8 Å². The first-order chi connectivity index (χ1) is 18.9. The molecule has 3 aliphatic heterocycles. The van der Waals surface area contributed by atoms with E-state index in [1.807, 2.05) is 23.1 Å². The molecule has 0 N–H and O–H groups in total. The summed E-state index contributed by atoms with van der Waals surface area (Å²) >= 11 is 0. The van der Waals surface area contributed by atoms with Gasteiger partial charge >= 0.3 is 12.2 Å². The number of hydrogen-bond donors (Lipinski definition) is 0. The van der Waals surface area contributed by atoms with Crippen molar-refractivity contribution in [1.29, 1.82) is 0 Å². The van der Waals surface area contributed by atoms with Crippen molar-refractivity contribution in [3.05, 3.63) is 94.5 Å². The third-order valence-corrected chi connectivity index (χ3v) is 8.32. The lowest BCUT2D eigenvalue weighted by Gasteiger charge is -2.41. The zero-order valence-corrected chi connectivity index (χ0v) is 21.6. The molecule has 0 saturated carbocycles. The predicted octanol–water partition coefficient (Wildman–Crippen LogP) is 6.47. The van der Waals surface area contributed by atoms with E-state index < -0.39 is 11.7 Å². The van der Waals surface area contributed by atoms with E-state index in [1.165, 1.54) is 23.3 Å². The van der Waals surface area contributed by atoms with Crippen molar-refractivity contribution in [1.82, 2.24) is 19.9 Å². The van der Waals surface area contributed by atoms with E-state index in [0.717, 1.165) is 62.5 Å². The number of urea groups is 1. The largest absolute Gasteiger partial charge is 0.416 e. The smallest absolute Gasteiger partial charge is 0.357 e. The molecule has 1 fully saturated rings. The first-order valence-electron chi connectivity index (χ1n) is 13.5. The SMILES string of the molecule is O=C(N1C=Cc2oncc2C1)N1CCc2ccccc2C1CCN1CCC(c2cccc(C(F)(F)F)c2)CC1. The minimum absolute atomic E-state index is 0.0270. The first kappa shape index (κ1) is 25.7. The van der Waals surface area contributed by atoms with Crippen LogP contribution in [0, 0.1) is 0 Å². The number of carbonyl (C=O) groups excluding carboxylic acids is 1. The van der Waals surface area contributed by atoms with Crippen molar-refractivity contribution in [2.75, 3.05) is 26.2 Å². The van der Waals surface area contributed by atoms with Crippen molar-refractivity contribution >= 4 is 12.1 Å². The van der Waals surface area contributed by atoms with Gasteiger partial charge in [-0.25, -0.2) is 4.79 Å². The summed E-state index contributed by atoms with van der Waals surface area (Å²) in [5.74, 6) is 0.818. The number of halogens is 3. The van der Waals surface area contributed by atoms with Gasteiger partial charge in [0.15, 0.2) is 5.76 Å². The average Bonchev–Trinajstić information content (AvgIpc) is 3.43. The molecule has 4 heterocycles. The molecule has 2 amide bonds. The first-order valence-corrected chi connectivity index (χ1v) is 13.5. The lowest BCUT2D eigenvalue weighted by atomic mass is 9.87. The molecule has 1 aromatic heterocycles. The van der Waals surface area contributed by atoms with E-state index in [-0.39, 0.29) is 18.0 Å². The highest BCUT2D eigenvalue weighted by molar-refractivity contribution is 5.78. The molecular weight excluding hydrogens is 505 g/mol. The molecule has 2 aromatic carbocycles. The maximum Gasteiger partial charge on any atom is 0.416 e. The normalized spacial score (nSPS) is 20.1. The second-order valence-corrected chi connectivity index (χ2v) is 10.6. The third kappa shape index (κ3) is 5.32. The Morgan fingerprint density at radius 1 is 1.03 bits per heavy atom. The van der Waals surface area contributed by atoms with Gasteiger partial charge in [0, 0.05) is 30.9 Å². The second-order valence-electron chi connectivity index (χ2n) is 10.6. The fourth-order valence-electron chi connectivity index (χ4n) is 6.17. The molecule has 0 bridgehead atoms. The molecule has 3 aromatic rings. The van der Waals surface area contributed by atoms with Crippen LogP contribution in [-0.2, 0) is 19.1 Å². The fourth-order valence-corrected chi connectivity index (χ4v) is 6.17. The highest BCUT2D eigenvalue weighted by Crippen LogP contribution is 2.36. The molecule has 6 nitrogen and oxygen atoms in total. The Hall–Kier alpha value is -3.59. The number of aromatic nitrogens is 1. The maximum atomic E-state index is 13.7. The van der Waals surface area contributed by atoms with Crippen LogP contribution in [0.2, 0.25) is 0 Å². The Labute approximate surface area is 225 Å². The van der Waals surface area contributed by atoms with Gasteiger partial charge in [0.25, 0.3) is 0 Å². The van der Waals surface area contributed by atoms with Crippen molar-refractivity contribution in [2.45, 2.75) is 50.4 Å². The van der Waals surface area contributed by atoms with E-state index in [1.54, 1.807) is 23.4 Å². The van der Waals surface area contributed by atoms with Crippen molar-refractivity contribution in [2.24, 2.45) is 0 Å². The summed E-state index contributed by atoms with van der Waals surface area (Å²) in [6, 6.07) is 14.1. The van der Waals surface area contributed by atoms with Crippen LogP contribution in [0.4, 0.5) is 18.0 Å². The van der Waals surface area contributed by atoms with Gasteiger partial charge in [0.05, 0.1) is 24.3 Å². The van der Waals surface area contributed by atoms with Crippen molar-refractivity contribution < 1.29 is 22.5 Å². The maximum absolute atomic E-state index is 13.7. The molecular formula is C30H31F3N4O2. The highest BCUT2D eigenvalue weighted by atomic mass is 19.4. The predicted molar refractivity (Wildman–Crippen MR) is 141 cm³/mol. The van der Waals surface area contributed by atoms with Gasteiger partial charge in [-0.15, -0.1) is 0 Å². The lowest BCUT2D eigenvalue weighted by Crippen LogP contribution is -2.47. The quantitative estimate of drug-likeness (QED) is 0.384. The van der Waals surface area contributed by atoms with Crippen LogP contribution in [0.5, 0.6) is 0 Å². The number of amides is 2.